The quantitative estimate of drug-likeness (QED) is 0.746. The number of nitrogens with one attached hydrogen (secondary N) is 1. The lowest BCUT2D eigenvalue weighted by molar-refractivity contribution is 0.461. The third-order valence-electron chi connectivity index (χ3n) is 3.54. The molecule has 0 radical (unpaired) electrons. The first kappa shape index (κ1) is 16.7. The molecule has 1 aliphatic heterocycles. The highest BCUT2D eigenvalue weighted by Gasteiger charge is 2.41. The molecule has 0 saturated carbocycles. The minimum Gasteiger partial charge on any atom is -0.398 e. The first-order valence-electron chi connectivity index (χ1n) is 6.24. The zero-order chi connectivity index (χ0) is 16.1. The maximum Gasteiger partial charge on any atom is 0.241 e. The second kappa shape index (κ2) is 5.22. The molecule has 6 nitrogen and oxygen atoms in total. The van der Waals surface area contributed by atoms with E-state index in [0.717, 1.165) is 0 Å². The molecule has 0 spiro atoms. The van der Waals surface area contributed by atoms with Gasteiger partial charge in [0.1, 0.15) is 0 Å². The number of anilines is 1. The molecule has 0 amide bonds. The highest BCUT2D eigenvalue weighted by Crippen LogP contribution is 2.29. The smallest absolute Gasteiger partial charge is 0.241 e. The van der Waals surface area contributed by atoms with Crippen LogP contribution in [0.15, 0.2) is 21.5 Å². The summed E-state index contributed by atoms with van der Waals surface area (Å²) in [5, 5.41) is 0. The van der Waals surface area contributed by atoms with E-state index in [1.807, 2.05) is 0 Å². The average molecular weight is 397 g/mol. The minimum atomic E-state index is -3.85. The van der Waals surface area contributed by atoms with Gasteiger partial charge in [0.05, 0.1) is 16.4 Å². The molecule has 1 saturated heterocycles. The zero-order valence-corrected chi connectivity index (χ0v) is 14.9. The Bertz CT molecular complexity index is 790. The van der Waals surface area contributed by atoms with Gasteiger partial charge in [-0.1, -0.05) is 15.9 Å². The summed E-state index contributed by atoms with van der Waals surface area (Å²) in [5.74, 6) is -0.201. The Balaban J connectivity index is 2.41. The fourth-order valence-corrected chi connectivity index (χ4v) is 6.97. The average Bonchev–Trinajstić information content (AvgIpc) is 2.56. The number of sulfonamides is 1. The van der Waals surface area contributed by atoms with Gasteiger partial charge in [0.15, 0.2) is 9.84 Å². The van der Waals surface area contributed by atoms with E-state index in [1.165, 1.54) is 6.07 Å². The highest BCUT2D eigenvalue weighted by molar-refractivity contribution is 9.10. The summed E-state index contributed by atoms with van der Waals surface area (Å²) in [5.41, 5.74) is 5.59. The van der Waals surface area contributed by atoms with Crippen molar-refractivity contribution in [3.63, 3.8) is 0 Å². The largest absolute Gasteiger partial charge is 0.398 e. The number of nitrogen functional groups attached to an aromatic ring is 1. The molecule has 2 rings (SSSR count). The lowest BCUT2D eigenvalue weighted by Crippen LogP contribution is -2.46. The number of hydrogen-bond acceptors (Lipinski definition) is 5. The van der Waals surface area contributed by atoms with E-state index in [1.54, 1.807) is 19.9 Å². The van der Waals surface area contributed by atoms with E-state index in [-0.39, 0.29) is 22.8 Å². The predicted molar refractivity (Wildman–Crippen MR) is 85.3 cm³/mol. The topological polar surface area (TPSA) is 106 Å². The van der Waals surface area contributed by atoms with Crippen molar-refractivity contribution in [1.29, 1.82) is 0 Å². The van der Waals surface area contributed by atoms with Crippen LogP contribution in [-0.2, 0) is 19.9 Å². The fourth-order valence-electron chi connectivity index (χ4n) is 2.42. The number of nitrogens with two attached hydrogens (primary N) is 1. The van der Waals surface area contributed by atoms with Crippen molar-refractivity contribution in [3.05, 3.63) is 22.2 Å². The number of benzene rings is 1. The van der Waals surface area contributed by atoms with E-state index < -0.39 is 25.4 Å². The Morgan fingerprint density at radius 2 is 2.00 bits per heavy atom. The SMILES string of the molecule is Cc1c(N)cc(Br)cc1S(=O)(=O)NC1(C)CCS(=O)(=O)C1. The van der Waals surface area contributed by atoms with Crippen LogP contribution in [0.2, 0.25) is 0 Å². The maximum absolute atomic E-state index is 12.5. The Kier molecular flexibility index (Phi) is 4.16. The van der Waals surface area contributed by atoms with Crippen LogP contribution in [0.3, 0.4) is 0 Å². The summed E-state index contributed by atoms with van der Waals surface area (Å²) >= 11 is 3.22. The standard InChI is InChI=1S/C12H17BrN2O4S2/c1-8-10(14)5-9(13)6-11(8)21(18,19)15-12(2)3-4-20(16,17)7-12/h5-6,15H,3-4,7,14H2,1-2H3. The van der Waals surface area contributed by atoms with Gasteiger partial charge in [0, 0.05) is 15.7 Å². The van der Waals surface area contributed by atoms with Crippen molar-refractivity contribution in [2.24, 2.45) is 0 Å². The summed E-state index contributed by atoms with van der Waals surface area (Å²) in [6, 6.07) is 3.08. The molecule has 1 heterocycles. The molecule has 118 valence electrons. The van der Waals surface area contributed by atoms with Crippen LogP contribution in [0, 0.1) is 6.92 Å². The second-order valence-corrected chi connectivity index (χ2v) is 10.4. The number of halogens is 1. The lowest BCUT2D eigenvalue weighted by atomic mass is 10.0. The molecular formula is C12H17BrN2O4S2. The van der Waals surface area contributed by atoms with Gasteiger partial charge in [-0.15, -0.1) is 0 Å². The van der Waals surface area contributed by atoms with Gasteiger partial charge in [-0.05, 0) is 38.0 Å². The molecule has 21 heavy (non-hydrogen) atoms. The number of rotatable bonds is 3. The number of hydrogen-bond donors (Lipinski definition) is 2. The highest BCUT2D eigenvalue weighted by atomic mass is 79.9. The molecule has 0 aromatic heterocycles. The molecule has 3 N–H and O–H groups in total. The summed E-state index contributed by atoms with van der Waals surface area (Å²) in [6.07, 6.45) is 0.261. The molecule has 1 unspecified atom stereocenters. The normalized spacial score (nSPS) is 25.1. The summed E-state index contributed by atoms with van der Waals surface area (Å²) < 4.78 is 51.3. The summed E-state index contributed by atoms with van der Waals surface area (Å²) in [4.78, 5) is 0.0555. The van der Waals surface area contributed by atoms with E-state index in [2.05, 4.69) is 20.7 Å². The van der Waals surface area contributed by atoms with E-state index in [4.69, 9.17) is 5.73 Å². The van der Waals surface area contributed by atoms with Gasteiger partial charge in [0.2, 0.25) is 10.0 Å². The van der Waals surface area contributed by atoms with Gasteiger partial charge in [0.25, 0.3) is 0 Å². The molecular weight excluding hydrogens is 380 g/mol. The Morgan fingerprint density at radius 1 is 1.38 bits per heavy atom. The van der Waals surface area contributed by atoms with Gasteiger partial charge in [-0.25, -0.2) is 21.6 Å². The van der Waals surface area contributed by atoms with Crippen molar-refractivity contribution < 1.29 is 16.8 Å². The molecule has 1 aromatic rings. The van der Waals surface area contributed by atoms with Gasteiger partial charge >= 0.3 is 0 Å². The Labute approximate surface area is 133 Å². The third kappa shape index (κ3) is 3.58. The van der Waals surface area contributed by atoms with E-state index in [0.29, 0.717) is 15.7 Å². The van der Waals surface area contributed by atoms with Gasteiger partial charge in [-0.2, -0.15) is 0 Å². The van der Waals surface area contributed by atoms with Crippen molar-refractivity contribution in [1.82, 2.24) is 4.72 Å². The minimum absolute atomic E-state index is 0.00831. The zero-order valence-electron chi connectivity index (χ0n) is 11.7. The van der Waals surface area contributed by atoms with Crippen molar-refractivity contribution in [3.8, 4) is 0 Å². The molecule has 1 fully saturated rings. The van der Waals surface area contributed by atoms with Crippen molar-refractivity contribution in [2.45, 2.75) is 30.7 Å². The maximum atomic E-state index is 12.5. The van der Waals surface area contributed by atoms with Crippen LogP contribution in [0.25, 0.3) is 0 Å². The molecule has 0 aliphatic carbocycles. The third-order valence-corrected chi connectivity index (χ3v) is 7.66. The van der Waals surface area contributed by atoms with E-state index >= 15 is 0 Å². The predicted octanol–water partition coefficient (Wildman–Crippen LogP) is 1.20. The lowest BCUT2D eigenvalue weighted by Gasteiger charge is -2.24. The second-order valence-electron chi connectivity index (χ2n) is 5.63. The van der Waals surface area contributed by atoms with Crippen LogP contribution in [-0.4, -0.2) is 33.9 Å². The van der Waals surface area contributed by atoms with Crippen LogP contribution in [0.4, 0.5) is 5.69 Å². The fraction of sp³-hybridized carbons (Fsp3) is 0.500. The Hall–Kier alpha value is -0.640. The van der Waals surface area contributed by atoms with Crippen LogP contribution >= 0.6 is 15.9 Å². The summed E-state index contributed by atoms with van der Waals surface area (Å²) in [6.45, 7) is 3.22. The first-order chi connectivity index (χ1) is 9.44. The van der Waals surface area contributed by atoms with Crippen LogP contribution < -0.4 is 10.5 Å². The first-order valence-corrected chi connectivity index (χ1v) is 10.3. The Morgan fingerprint density at radius 3 is 2.52 bits per heavy atom. The monoisotopic (exact) mass is 396 g/mol. The summed E-state index contributed by atoms with van der Waals surface area (Å²) in [7, 11) is -7.05. The van der Waals surface area contributed by atoms with Crippen LogP contribution in [0.5, 0.6) is 0 Å². The van der Waals surface area contributed by atoms with Gasteiger partial charge < -0.3 is 5.73 Å². The van der Waals surface area contributed by atoms with Crippen LogP contribution in [0.1, 0.15) is 18.9 Å². The molecule has 1 aromatic carbocycles. The molecule has 0 bridgehead atoms. The molecule has 9 heteroatoms. The number of sulfone groups is 1. The van der Waals surface area contributed by atoms with Crippen molar-refractivity contribution in [2.75, 3.05) is 17.2 Å². The van der Waals surface area contributed by atoms with Gasteiger partial charge in [-0.3, -0.25) is 0 Å². The molecule has 1 atom stereocenters. The molecule has 1 aliphatic rings. The van der Waals surface area contributed by atoms with Crippen molar-refractivity contribution >= 4 is 41.5 Å². The van der Waals surface area contributed by atoms with E-state index in [9.17, 15) is 16.8 Å².